The lowest BCUT2D eigenvalue weighted by atomic mass is 10.1. The highest BCUT2D eigenvalue weighted by Gasteiger charge is 2.03. The van der Waals surface area contributed by atoms with Crippen LogP contribution in [0, 0.1) is 0 Å². The van der Waals surface area contributed by atoms with Gasteiger partial charge in [-0.3, -0.25) is 4.79 Å². The van der Waals surface area contributed by atoms with Crippen LogP contribution in [0.25, 0.3) is 0 Å². The van der Waals surface area contributed by atoms with Gasteiger partial charge in [0.2, 0.25) is 5.91 Å². The van der Waals surface area contributed by atoms with Crippen molar-refractivity contribution in [3.8, 4) is 5.75 Å². The van der Waals surface area contributed by atoms with E-state index in [4.69, 9.17) is 16.3 Å². The first-order chi connectivity index (χ1) is 11.2. The molecule has 0 aliphatic rings. The summed E-state index contributed by atoms with van der Waals surface area (Å²) in [5.74, 6) is 0.831. The lowest BCUT2D eigenvalue weighted by Gasteiger charge is -2.08. The number of rotatable bonds is 8. The molecular formula is C19H22ClNO2. The van der Waals surface area contributed by atoms with Gasteiger partial charge < -0.3 is 10.1 Å². The van der Waals surface area contributed by atoms with Gasteiger partial charge in [0.1, 0.15) is 5.75 Å². The number of carbonyl (C=O) groups is 1. The van der Waals surface area contributed by atoms with Crippen molar-refractivity contribution >= 4 is 23.2 Å². The molecule has 2 aromatic rings. The summed E-state index contributed by atoms with van der Waals surface area (Å²) in [7, 11) is 0. The van der Waals surface area contributed by atoms with Crippen LogP contribution in [0.1, 0.15) is 31.7 Å². The monoisotopic (exact) mass is 331 g/mol. The van der Waals surface area contributed by atoms with Crippen LogP contribution < -0.4 is 10.1 Å². The number of hydrogen-bond donors (Lipinski definition) is 1. The van der Waals surface area contributed by atoms with E-state index in [1.54, 1.807) is 24.3 Å². The highest BCUT2D eigenvalue weighted by Crippen LogP contribution is 2.15. The molecule has 0 fully saturated rings. The van der Waals surface area contributed by atoms with Gasteiger partial charge in [-0.1, -0.05) is 37.1 Å². The van der Waals surface area contributed by atoms with E-state index in [9.17, 15) is 4.79 Å². The molecule has 0 heterocycles. The molecule has 4 heteroatoms. The summed E-state index contributed by atoms with van der Waals surface area (Å²) in [4.78, 5) is 11.8. The van der Waals surface area contributed by atoms with Gasteiger partial charge in [0, 0.05) is 17.1 Å². The summed E-state index contributed by atoms with van der Waals surface area (Å²) in [6.07, 6.45) is 3.33. The van der Waals surface area contributed by atoms with Crippen molar-refractivity contribution in [3.63, 3.8) is 0 Å². The fraction of sp³-hybridized carbons (Fsp3) is 0.316. The Morgan fingerprint density at radius 2 is 1.78 bits per heavy atom. The number of hydrogen-bond acceptors (Lipinski definition) is 2. The summed E-state index contributed by atoms with van der Waals surface area (Å²) >= 11 is 5.81. The zero-order valence-corrected chi connectivity index (χ0v) is 14.1. The fourth-order valence-corrected chi connectivity index (χ4v) is 2.35. The maximum atomic E-state index is 11.8. The van der Waals surface area contributed by atoms with Gasteiger partial charge in [-0.15, -0.1) is 0 Å². The van der Waals surface area contributed by atoms with E-state index in [0.717, 1.165) is 24.3 Å². The molecule has 122 valence electrons. The third kappa shape index (κ3) is 6.33. The molecule has 0 aliphatic carbocycles. The molecule has 0 saturated carbocycles. The molecule has 1 N–H and O–H groups in total. The van der Waals surface area contributed by atoms with Crippen LogP contribution in [0.15, 0.2) is 48.5 Å². The minimum atomic E-state index is -0.0192. The Kier molecular flexibility index (Phi) is 6.95. The van der Waals surface area contributed by atoms with E-state index in [1.807, 2.05) is 12.1 Å². The van der Waals surface area contributed by atoms with Crippen LogP contribution in [0.2, 0.25) is 5.02 Å². The normalized spacial score (nSPS) is 10.3. The van der Waals surface area contributed by atoms with Crippen LogP contribution in [-0.2, 0) is 11.2 Å². The molecule has 0 unspecified atom stereocenters. The van der Waals surface area contributed by atoms with Crippen LogP contribution in [-0.4, -0.2) is 12.5 Å². The molecule has 0 atom stereocenters. The maximum absolute atomic E-state index is 11.8. The molecule has 1 amide bonds. The number of benzene rings is 2. The van der Waals surface area contributed by atoms with Gasteiger partial charge in [0.15, 0.2) is 0 Å². The Labute approximate surface area is 142 Å². The second kappa shape index (κ2) is 9.21. The molecule has 23 heavy (non-hydrogen) atoms. The van der Waals surface area contributed by atoms with E-state index in [1.165, 1.54) is 5.56 Å². The van der Waals surface area contributed by atoms with Crippen molar-refractivity contribution in [3.05, 3.63) is 59.1 Å². The van der Waals surface area contributed by atoms with E-state index < -0.39 is 0 Å². The van der Waals surface area contributed by atoms with Crippen LogP contribution in [0.3, 0.4) is 0 Å². The first-order valence-electron chi connectivity index (χ1n) is 7.94. The van der Waals surface area contributed by atoms with Crippen molar-refractivity contribution in [2.45, 2.75) is 32.6 Å². The number of aryl methyl sites for hydroxylation is 1. The smallest absolute Gasteiger partial charge is 0.224 e. The first kappa shape index (κ1) is 17.4. The minimum absolute atomic E-state index is 0.0192. The first-order valence-corrected chi connectivity index (χ1v) is 8.32. The standard InChI is InChI=1S/C19H22ClNO2/c1-2-4-15-6-12-18(13-7-15)23-14-3-5-19(22)21-17-10-8-16(20)9-11-17/h6-13H,2-5,14H2,1H3,(H,21,22). The van der Waals surface area contributed by atoms with Crippen molar-refractivity contribution < 1.29 is 9.53 Å². The molecule has 0 aliphatic heterocycles. The molecule has 0 bridgehead atoms. The largest absolute Gasteiger partial charge is 0.494 e. The van der Waals surface area contributed by atoms with Crippen LogP contribution >= 0.6 is 11.6 Å². The Morgan fingerprint density at radius 1 is 1.09 bits per heavy atom. The zero-order chi connectivity index (χ0) is 16.5. The van der Waals surface area contributed by atoms with Gasteiger partial charge >= 0.3 is 0 Å². The quantitative estimate of drug-likeness (QED) is 0.684. The summed E-state index contributed by atoms with van der Waals surface area (Å²) < 4.78 is 5.66. The molecule has 0 saturated heterocycles. The topological polar surface area (TPSA) is 38.3 Å². The second-order valence-electron chi connectivity index (χ2n) is 5.40. The average molecular weight is 332 g/mol. The summed E-state index contributed by atoms with van der Waals surface area (Å²) in [6.45, 7) is 2.70. The van der Waals surface area contributed by atoms with Gasteiger partial charge in [0.05, 0.1) is 6.61 Å². The molecule has 0 radical (unpaired) electrons. The fourth-order valence-electron chi connectivity index (χ4n) is 2.22. The Balaban J connectivity index is 1.66. The third-order valence-corrected chi connectivity index (χ3v) is 3.66. The molecular weight excluding hydrogens is 310 g/mol. The van der Waals surface area contributed by atoms with Gasteiger partial charge in [-0.05, 0) is 54.8 Å². The van der Waals surface area contributed by atoms with Crippen molar-refractivity contribution in [1.29, 1.82) is 0 Å². The summed E-state index contributed by atoms with van der Waals surface area (Å²) in [5.41, 5.74) is 2.08. The number of nitrogens with one attached hydrogen (secondary N) is 1. The van der Waals surface area contributed by atoms with E-state index in [-0.39, 0.29) is 5.91 Å². The number of carbonyl (C=O) groups excluding carboxylic acids is 1. The summed E-state index contributed by atoms with van der Waals surface area (Å²) in [6, 6.07) is 15.2. The Hall–Kier alpha value is -2.00. The van der Waals surface area contributed by atoms with E-state index in [2.05, 4.69) is 24.4 Å². The SMILES string of the molecule is CCCc1ccc(OCCCC(=O)Nc2ccc(Cl)cc2)cc1. The maximum Gasteiger partial charge on any atom is 0.224 e. The van der Waals surface area contributed by atoms with Gasteiger partial charge in [-0.25, -0.2) is 0 Å². The summed E-state index contributed by atoms with van der Waals surface area (Å²) in [5, 5.41) is 3.49. The Morgan fingerprint density at radius 3 is 2.43 bits per heavy atom. The van der Waals surface area contributed by atoms with Gasteiger partial charge in [-0.2, -0.15) is 0 Å². The highest BCUT2D eigenvalue weighted by atomic mass is 35.5. The molecule has 2 rings (SSSR count). The van der Waals surface area contributed by atoms with Gasteiger partial charge in [0.25, 0.3) is 0 Å². The predicted octanol–water partition coefficient (Wildman–Crippen LogP) is 5.09. The number of halogens is 1. The highest BCUT2D eigenvalue weighted by molar-refractivity contribution is 6.30. The van der Waals surface area contributed by atoms with E-state index in [0.29, 0.717) is 24.5 Å². The van der Waals surface area contributed by atoms with Crippen molar-refractivity contribution in [1.82, 2.24) is 0 Å². The zero-order valence-electron chi connectivity index (χ0n) is 13.3. The minimum Gasteiger partial charge on any atom is -0.494 e. The van der Waals surface area contributed by atoms with Crippen molar-refractivity contribution in [2.24, 2.45) is 0 Å². The molecule has 0 spiro atoms. The van der Waals surface area contributed by atoms with Crippen LogP contribution in [0.4, 0.5) is 5.69 Å². The Bertz CT molecular complexity index is 608. The number of ether oxygens (including phenoxy) is 1. The molecule has 0 aromatic heterocycles. The third-order valence-electron chi connectivity index (χ3n) is 3.41. The number of amides is 1. The lowest BCUT2D eigenvalue weighted by Crippen LogP contribution is -2.12. The number of anilines is 1. The second-order valence-corrected chi connectivity index (χ2v) is 5.84. The van der Waals surface area contributed by atoms with Crippen molar-refractivity contribution in [2.75, 3.05) is 11.9 Å². The van der Waals surface area contributed by atoms with Crippen LogP contribution in [0.5, 0.6) is 5.75 Å². The molecule has 2 aromatic carbocycles. The molecule has 3 nitrogen and oxygen atoms in total. The van der Waals surface area contributed by atoms with E-state index >= 15 is 0 Å². The predicted molar refractivity (Wildman–Crippen MR) is 95.2 cm³/mol. The lowest BCUT2D eigenvalue weighted by molar-refractivity contribution is -0.116. The average Bonchev–Trinajstić information content (AvgIpc) is 2.55.